The average molecular weight is 248 g/mol. The predicted octanol–water partition coefficient (Wildman–Crippen LogP) is 2.05. The van der Waals surface area contributed by atoms with Crippen LogP contribution in [0.3, 0.4) is 0 Å². The Bertz CT molecular complexity index is 516. The molecule has 18 heavy (non-hydrogen) atoms. The van der Waals surface area contributed by atoms with Gasteiger partial charge in [0.25, 0.3) is 0 Å². The maximum absolute atomic E-state index is 12.8. The van der Waals surface area contributed by atoms with E-state index in [1.54, 1.807) is 12.1 Å². The molecule has 0 radical (unpaired) electrons. The van der Waals surface area contributed by atoms with E-state index in [9.17, 15) is 4.39 Å². The van der Waals surface area contributed by atoms with Crippen molar-refractivity contribution in [2.45, 2.75) is 32.9 Å². The summed E-state index contributed by atoms with van der Waals surface area (Å²) in [6, 6.07) is 6.69. The molecule has 0 spiro atoms. The molecule has 1 aromatic carbocycles. The smallest absolute Gasteiger partial charge is 0.147 e. The molecule has 5 heteroatoms. The standard InChI is InChI=1S/C13H17FN4/c1-9(2)18-12(16-17-13(18)8-15)7-10-3-5-11(14)6-4-10/h3-6,9H,7-8,15H2,1-2H3. The van der Waals surface area contributed by atoms with Crippen LogP contribution in [0.5, 0.6) is 0 Å². The van der Waals surface area contributed by atoms with Crippen LogP contribution in [0.25, 0.3) is 0 Å². The monoisotopic (exact) mass is 248 g/mol. The minimum atomic E-state index is -0.230. The highest BCUT2D eigenvalue weighted by atomic mass is 19.1. The predicted molar refractivity (Wildman–Crippen MR) is 67.5 cm³/mol. The number of halogens is 1. The van der Waals surface area contributed by atoms with Crippen molar-refractivity contribution in [3.63, 3.8) is 0 Å². The van der Waals surface area contributed by atoms with Crippen molar-refractivity contribution in [1.29, 1.82) is 0 Å². The third-order valence-corrected chi connectivity index (χ3v) is 2.81. The molecule has 96 valence electrons. The highest BCUT2D eigenvalue weighted by Gasteiger charge is 2.13. The van der Waals surface area contributed by atoms with Crippen molar-refractivity contribution in [2.24, 2.45) is 5.73 Å². The number of benzene rings is 1. The van der Waals surface area contributed by atoms with Crippen molar-refractivity contribution in [2.75, 3.05) is 0 Å². The van der Waals surface area contributed by atoms with E-state index < -0.39 is 0 Å². The maximum Gasteiger partial charge on any atom is 0.147 e. The van der Waals surface area contributed by atoms with Gasteiger partial charge in [0, 0.05) is 12.5 Å². The third kappa shape index (κ3) is 2.56. The van der Waals surface area contributed by atoms with Crippen LogP contribution in [0.4, 0.5) is 4.39 Å². The van der Waals surface area contributed by atoms with E-state index in [-0.39, 0.29) is 11.9 Å². The summed E-state index contributed by atoms with van der Waals surface area (Å²) in [5, 5.41) is 8.25. The molecule has 2 rings (SSSR count). The minimum Gasteiger partial charge on any atom is -0.324 e. The molecule has 1 heterocycles. The molecule has 0 aliphatic rings. The van der Waals surface area contributed by atoms with Gasteiger partial charge in [-0.15, -0.1) is 10.2 Å². The fraction of sp³-hybridized carbons (Fsp3) is 0.385. The summed E-state index contributed by atoms with van der Waals surface area (Å²) < 4.78 is 14.9. The summed E-state index contributed by atoms with van der Waals surface area (Å²) in [7, 11) is 0. The zero-order valence-electron chi connectivity index (χ0n) is 10.6. The van der Waals surface area contributed by atoms with Crippen molar-refractivity contribution >= 4 is 0 Å². The van der Waals surface area contributed by atoms with Crippen LogP contribution < -0.4 is 5.73 Å². The Hall–Kier alpha value is -1.75. The normalized spacial score (nSPS) is 11.2. The van der Waals surface area contributed by atoms with Gasteiger partial charge in [0.2, 0.25) is 0 Å². The maximum atomic E-state index is 12.8. The Kier molecular flexibility index (Phi) is 3.72. The lowest BCUT2D eigenvalue weighted by Crippen LogP contribution is -2.13. The van der Waals surface area contributed by atoms with Gasteiger partial charge in [-0.3, -0.25) is 0 Å². The largest absolute Gasteiger partial charge is 0.324 e. The second-order valence-electron chi connectivity index (χ2n) is 4.50. The molecule has 0 fully saturated rings. The Labute approximate surface area is 106 Å². The fourth-order valence-corrected chi connectivity index (χ4v) is 2.00. The fourth-order valence-electron chi connectivity index (χ4n) is 2.00. The lowest BCUT2D eigenvalue weighted by molar-refractivity contribution is 0.548. The molecular formula is C13H17FN4. The van der Waals surface area contributed by atoms with Gasteiger partial charge in [0.15, 0.2) is 0 Å². The Morgan fingerprint density at radius 2 is 1.78 bits per heavy atom. The van der Waals surface area contributed by atoms with Gasteiger partial charge in [0.1, 0.15) is 17.5 Å². The number of hydrogen-bond donors (Lipinski definition) is 1. The number of hydrogen-bond acceptors (Lipinski definition) is 3. The van der Waals surface area contributed by atoms with Crippen molar-refractivity contribution in [3.8, 4) is 0 Å². The third-order valence-electron chi connectivity index (χ3n) is 2.81. The van der Waals surface area contributed by atoms with Crippen LogP contribution in [0.1, 0.15) is 37.1 Å². The second-order valence-corrected chi connectivity index (χ2v) is 4.50. The summed E-state index contributed by atoms with van der Waals surface area (Å²) in [6.45, 7) is 4.50. The number of nitrogens with zero attached hydrogens (tertiary/aromatic N) is 3. The van der Waals surface area contributed by atoms with E-state index in [0.717, 1.165) is 17.2 Å². The highest BCUT2D eigenvalue weighted by molar-refractivity contribution is 5.20. The number of nitrogens with two attached hydrogens (primary N) is 1. The van der Waals surface area contributed by atoms with E-state index >= 15 is 0 Å². The van der Waals surface area contributed by atoms with Crippen LogP contribution in [-0.4, -0.2) is 14.8 Å². The van der Waals surface area contributed by atoms with Gasteiger partial charge in [-0.2, -0.15) is 0 Å². The van der Waals surface area contributed by atoms with E-state index in [2.05, 4.69) is 24.0 Å². The lowest BCUT2D eigenvalue weighted by Gasteiger charge is -2.13. The SMILES string of the molecule is CC(C)n1c(CN)nnc1Cc1ccc(F)cc1. The highest BCUT2D eigenvalue weighted by Crippen LogP contribution is 2.15. The quantitative estimate of drug-likeness (QED) is 0.901. The first-order valence-corrected chi connectivity index (χ1v) is 5.99. The van der Waals surface area contributed by atoms with E-state index in [4.69, 9.17) is 5.73 Å². The van der Waals surface area contributed by atoms with E-state index in [0.29, 0.717) is 13.0 Å². The van der Waals surface area contributed by atoms with Gasteiger partial charge in [-0.05, 0) is 31.5 Å². The number of aromatic nitrogens is 3. The van der Waals surface area contributed by atoms with Crippen LogP contribution in [0.2, 0.25) is 0 Å². The molecule has 0 saturated carbocycles. The first kappa shape index (κ1) is 12.7. The summed E-state index contributed by atoms with van der Waals surface area (Å²) in [5.74, 6) is 1.41. The summed E-state index contributed by atoms with van der Waals surface area (Å²) in [4.78, 5) is 0. The average Bonchev–Trinajstić information content (AvgIpc) is 2.75. The topological polar surface area (TPSA) is 56.7 Å². The van der Waals surface area contributed by atoms with Gasteiger partial charge in [0.05, 0.1) is 6.54 Å². The Balaban J connectivity index is 2.28. The Morgan fingerprint density at radius 1 is 1.17 bits per heavy atom. The molecule has 0 aliphatic heterocycles. The molecule has 0 amide bonds. The molecule has 0 aliphatic carbocycles. The second kappa shape index (κ2) is 5.27. The zero-order valence-corrected chi connectivity index (χ0v) is 10.6. The molecule has 0 saturated heterocycles. The van der Waals surface area contributed by atoms with Gasteiger partial charge in [-0.1, -0.05) is 12.1 Å². The van der Waals surface area contributed by atoms with Crippen molar-refractivity contribution in [1.82, 2.24) is 14.8 Å². The summed E-state index contributed by atoms with van der Waals surface area (Å²) >= 11 is 0. The summed E-state index contributed by atoms with van der Waals surface area (Å²) in [6.07, 6.45) is 0.630. The van der Waals surface area contributed by atoms with Crippen molar-refractivity contribution < 1.29 is 4.39 Å². The molecule has 2 N–H and O–H groups in total. The van der Waals surface area contributed by atoms with E-state index in [1.807, 2.05) is 4.57 Å². The molecule has 0 atom stereocenters. The zero-order chi connectivity index (χ0) is 13.1. The molecule has 0 unspecified atom stereocenters. The number of rotatable bonds is 4. The molecule has 4 nitrogen and oxygen atoms in total. The van der Waals surface area contributed by atoms with Gasteiger partial charge >= 0.3 is 0 Å². The van der Waals surface area contributed by atoms with Crippen LogP contribution in [0, 0.1) is 5.82 Å². The first-order chi connectivity index (χ1) is 8.61. The van der Waals surface area contributed by atoms with Gasteiger partial charge < -0.3 is 10.3 Å². The van der Waals surface area contributed by atoms with Crippen LogP contribution in [0.15, 0.2) is 24.3 Å². The molecule has 0 bridgehead atoms. The van der Waals surface area contributed by atoms with Gasteiger partial charge in [-0.25, -0.2) is 4.39 Å². The van der Waals surface area contributed by atoms with E-state index in [1.165, 1.54) is 12.1 Å². The molecule has 2 aromatic rings. The molecule has 1 aromatic heterocycles. The summed E-state index contributed by atoms with van der Waals surface area (Å²) in [5.41, 5.74) is 6.65. The van der Waals surface area contributed by atoms with Crippen molar-refractivity contribution in [3.05, 3.63) is 47.3 Å². The Morgan fingerprint density at radius 3 is 2.33 bits per heavy atom. The minimum absolute atomic E-state index is 0.230. The van der Waals surface area contributed by atoms with Crippen LogP contribution in [-0.2, 0) is 13.0 Å². The molecular weight excluding hydrogens is 231 g/mol. The lowest BCUT2D eigenvalue weighted by atomic mass is 10.1. The first-order valence-electron chi connectivity index (χ1n) is 5.99. The van der Waals surface area contributed by atoms with Crippen LogP contribution >= 0.6 is 0 Å².